The summed E-state index contributed by atoms with van der Waals surface area (Å²) < 4.78 is 5.57. The van der Waals surface area contributed by atoms with Crippen LogP contribution in [-0.2, 0) is 14.3 Å². The summed E-state index contributed by atoms with van der Waals surface area (Å²) in [4.78, 5) is 23.5. The molecule has 0 spiro atoms. The maximum atomic E-state index is 12.4. The molecular weight excluding hydrogens is 288 g/mol. The molecule has 3 fully saturated rings. The molecule has 4 rings (SSSR count). The number of ether oxygens (including phenoxy) is 1. The van der Waals surface area contributed by atoms with Crippen LogP contribution >= 0.6 is 0 Å². The molecule has 0 N–H and O–H groups in total. The van der Waals surface area contributed by atoms with E-state index in [1.54, 1.807) is 0 Å². The van der Waals surface area contributed by atoms with E-state index < -0.39 is 0 Å². The lowest BCUT2D eigenvalue weighted by Gasteiger charge is -2.58. The van der Waals surface area contributed by atoms with E-state index in [9.17, 15) is 9.59 Å². The normalized spacial score (nSPS) is 48.8. The molecule has 0 aromatic heterocycles. The molecule has 4 aliphatic carbocycles. The lowest BCUT2D eigenvalue weighted by molar-refractivity contribution is -0.150. The second-order valence-corrected chi connectivity index (χ2v) is 8.66. The van der Waals surface area contributed by atoms with Gasteiger partial charge in [-0.2, -0.15) is 0 Å². The minimum absolute atomic E-state index is 0.00492. The lowest BCUT2D eigenvalue weighted by atomic mass is 9.47. The van der Waals surface area contributed by atoms with Gasteiger partial charge in [0.15, 0.2) is 0 Å². The van der Waals surface area contributed by atoms with Gasteiger partial charge in [0.2, 0.25) is 0 Å². The fourth-order valence-corrected chi connectivity index (χ4v) is 6.74. The van der Waals surface area contributed by atoms with Crippen molar-refractivity contribution in [1.29, 1.82) is 0 Å². The van der Waals surface area contributed by atoms with Gasteiger partial charge in [0.25, 0.3) is 6.47 Å². The Morgan fingerprint density at radius 2 is 2.00 bits per heavy atom. The molecule has 126 valence electrons. The first-order chi connectivity index (χ1) is 11.0. The van der Waals surface area contributed by atoms with Crippen molar-refractivity contribution in [3.05, 3.63) is 11.6 Å². The molecule has 0 aromatic rings. The Balaban J connectivity index is 1.72. The average molecular weight is 316 g/mol. The Hall–Kier alpha value is -1.12. The van der Waals surface area contributed by atoms with Crippen LogP contribution < -0.4 is 0 Å². The number of carbonyl (C=O) groups is 2. The predicted molar refractivity (Wildman–Crippen MR) is 87.6 cm³/mol. The molecule has 1 unspecified atom stereocenters. The summed E-state index contributed by atoms with van der Waals surface area (Å²) in [6.45, 7) is 5.20. The fourth-order valence-electron chi connectivity index (χ4n) is 6.74. The minimum Gasteiger partial charge on any atom is -0.464 e. The van der Waals surface area contributed by atoms with Gasteiger partial charge in [-0.3, -0.25) is 9.59 Å². The Labute approximate surface area is 138 Å². The summed E-state index contributed by atoms with van der Waals surface area (Å²) in [6, 6.07) is 0. The monoisotopic (exact) mass is 316 g/mol. The zero-order valence-corrected chi connectivity index (χ0v) is 14.3. The molecule has 0 bridgehead atoms. The van der Waals surface area contributed by atoms with E-state index in [1.165, 1.54) is 5.57 Å². The number of rotatable bonds is 2. The smallest absolute Gasteiger partial charge is 0.293 e. The average Bonchev–Trinajstić information content (AvgIpc) is 2.84. The third-order valence-electron chi connectivity index (χ3n) is 8.05. The number of allylic oxidation sites excluding steroid dienone is 1. The molecular formula is C20H28O3. The summed E-state index contributed by atoms with van der Waals surface area (Å²) >= 11 is 0. The molecule has 0 amide bonds. The number of hydrogen-bond donors (Lipinski definition) is 0. The van der Waals surface area contributed by atoms with Crippen molar-refractivity contribution in [2.45, 2.75) is 71.3 Å². The van der Waals surface area contributed by atoms with Crippen molar-refractivity contribution in [2.24, 2.45) is 28.6 Å². The van der Waals surface area contributed by atoms with Gasteiger partial charge in [-0.1, -0.05) is 25.5 Å². The van der Waals surface area contributed by atoms with Gasteiger partial charge in [-0.15, -0.1) is 0 Å². The molecule has 0 radical (unpaired) electrons. The largest absolute Gasteiger partial charge is 0.464 e. The first-order valence-corrected chi connectivity index (χ1v) is 9.33. The van der Waals surface area contributed by atoms with Crippen LogP contribution in [0.2, 0.25) is 0 Å². The maximum absolute atomic E-state index is 12.4. The van der Waals surface area contributed by atoms with Crippen molar-refractivity contribution in [1.82, 2.24) is 0 Å². The molecule has 4 aliphatic rings. The van der Waals surface area contributed by atoms with E-state index >= 15 is 0 Å². The quantitative estimate of drug-likeness (QED) is 0.570. The van der Waals surface area contributed by atoms with Gasteiger partial charge < -0.3 is 4.74 Å². The number of Topliss-reactive ketones (excluding diaryl/α,β-unsaturated/α-hetero) is 1. The van der Waals surface area contributed by atoms with E-state index in [0.717, 1.165) is 51.4 Å². The first kappa shape index (κ1) is 15.4. The summed E-state index contributed by atoms with van der Waals surface area (Å²) in [5.74, 6) is 2.17. The number of fused-ring (bicyclic) bond motifs is 5. The van der Waals surface area contributed by atoms with Crippen molar-refractivity contribution < 1.29 is 14.3 Å². The third kappa shape index (κ3) is 1.94. The number of ketones is 1. The highest BCUT2D eigenvalue weighted by molar-refractivity contribution is 5.87. The molecule has 3 nitrogen and oxygen atoms in total. The van der Waals surface area contributed by atoms with Crippen LogP contribution in [0.4, 0.5) is 0 Å². The Kier molecular flexibility index (Phi) is 3.48. The van der Waals surface area contributed by atoms with Gasteiger partial charge in [-0.25, -0.2) is 0 Å². The van der Waals surface area contributed by atoms with Gasteiger partial charge >= 0.3 is 0 Å². The van der Waals surface area contributed by atoms with Crippen molar-refractivity contribution >= 4 is 12.3 Å². The van der Waals surface area contributed by atoms with Gasteiger partial charge in [0.05, 0.1) is 0 Å². The predicted octanol–water partition coefficient (Wildman–Crippen LogP) is 4.06. The van der Waals surface area contributed by atoms with Crippen LogP contribution in [0.15, 0.2) is 11.6 Å². The second kappa shape index (κ2) is 5.19. The molecule has 0 saturated heterocycles. The van der Waals surface area contributed by atoms with Gasteiger partial charge in [0, 0.05) is 17.3 Å². The summed E-state index contributed by atoms with van der Waals surface area (Å²) in [7, 11) is 0. The number of hydrogen-bond acceptors (Lipinski definition) is 3. The van der Waals surface area contributed by atoms with Crippen LogP contribution in [-0.4, -0.2) is 18.4 Å². The highest BCUT2D eigenvalue weighted by atomic mass is 16.5. The fraction of sp³-hybridized carbons (Fsp3) is 0.800. The van der Waals surface area contributed by atoms with Crippen LogP contribution in [0, 0.1) is 28.6 Å². The second-order valence-electron chi connectivity index (χ2n) is 8.66. The Bertz CT molecular complexity index is 565. The van der Waals surface area contributed by atoms with Crippen molar-refractivity contribution in [2.75, 3.05) is 0 Å². The SMILES string of the molecule is C[C@]12CC[C@H]3[C@@H](CC=C4CCCC(OC=O)[C@@]43C)[C@@H]1CCC2=O. The standard InChI is InChI=1S/C20H28O3/c1-19-11-10-16-14(15(19)8-9-17(19)22)7-6-13-4-3-5-18(23-12-21)20(13,16)2/h6,12,14-16,18H,3-5,7-11H2,1-2H3/t14-,15-,16-,18?,19-,20-/m0/s1. The molecule has 3 saturated carbocycles. The van der Waals surface area contributed by atoms with Crippen molar-refractivity contribution in [3.63, 3.8) is 0 Å². The Morgan fingerprint density at radius 1 is 1.17 bits per heavy atom. The van der Waals surface area contributed by atoms with E-state index in [0.29, 0.717) is 30.0 Å². The van der Waals surface area contributed by atoms with Crippen LogP contribution in [0.5, 0.6) is 0 Å². The van der Waals surface area contributed by atoms with Crippen LogP contribution in [0.25, 0.3) is 0 Å². The molecule has 0 heterocycles. The minimum atomic E-state index is -0.0848. The van der Waals surface area contributed by atoms with Crippen LogP contribution in [0.3, 0.4) is 0 Å². The lowest BCUT2D eigenvalue weighted by Crippen LogP contribution is -2.54. The zero-order valence-electron chi connectivity index (χ0n) is 14.3. The van der Waals surface area contributed by atoms with E-state index in [1.807, 2.05) is 0 Å². The van der Waals surface area contributed by atoms with E-state index in [-0.39, 0.29) is 16.9 Å². The van der Waals surface area contributed by atoms with E-state index in [2.05, 4.69) is 19.9 Å². The first-order valence-electron chi connectivity index (χ1n) is 9.33. The van der Waals surface area contributed by atoms with Gasteiger partial charge in [-0.05, 0) is 62.7 Å². The van der Waals surface area contributed by atoms with E-state index in [4.69, 9.17) is 4.74 Å². The zero-order chi connectivity index (χ0) is 16.2. The summed E-state index contributed by atoms with van der Waals surface area (Å²) in [5, 5.41) is 0. The summed E-state index contributed by atoms with van der Waals surface area (Å²) in [5.41, 5.74) is 1.43. The number of carbonyl (C=O) groups excluding carboxylic acids is 2. The Morgan fingerprint density at radius 3 is 2.78 bits per heavy atom. The topological polar surface area (TPSA) is 43.4 Å². The van der Waals surface area contributed by atoms with Crippen molar-refractivity contribution in [3.8, 4) is 0 Å². The molecule has 0 aromatic carbocycles. The third-order valence-corrected chi connectivity index (χ3v) is 8.05. The molecule has 6 atom stereocenters. The molecule has 0 aliphatic heterocycles. The highest BCUT2D eigenvalue weighted by Gasteiger charge is 2.60. The van der Waals surface area contributed by atoms with Gasteiger partial charge in [0.1, 0.15) is 11.9 Å². The molecule has 23 heavy (non-hydrogen) atoms. The highest BCUT2D eigenvalue weighted by Crippen LogP contribution is 2.64. The molecule has 3 heteroatoms. The summed E-state index contributed by atoms with van der Waals surface area (Å²) in [6.07, 6.45) is 10.8. The maximum Gasteiger partial charge on any atom is 0.293 e. The van der Waals surface area contributed by atoms with Crippen LogP contribution in [0.1, 0.15) is 65.2 Å².